The second-order valence-electron chi connectivity index (χ2n) is 7.18. The van der Waals surface area contributed by atoms with E-state index >= 15 is 0 Å². The predicted octanol–water partition coefficient (Wildman–Crippen LogP) is 2.43. The maximum Gasteiger partial charge on any atom is 0.262 e. The van der Waals surface area contributed by atoms with Crippen molar-refractivity contribution in [1.29, 1.82) is 0 Å². The monoisotopic (exact) mass is 412 g/mol. The van der Waals surface area contributed by atoms with Gasteiger partial charge in [-0.25, -0.2) is 4.98 Å². The fraction of sp³-hybridized carbons (Fsp3) is 0.381. The Balaban J connectivity index is 1.45. The van der Waals surface area contributed by atoms with Crippen molar-refractivity contribution in [3.05, 3.63) is 51.4 Å². The van der Waals surface area contributed by atoms with E-state index in [0.29, 0.717) is 18.5 Å². The van der Waals surface area contributed by atoms with Crippen LogP contribution in [0.2, 0.25) is 0 Å². The molecule has 29 heavy (non-hydrogen) atoms. The van der Waals surface area contributed by atoms with E-state index in [4.69, 9.17) is 4.74 Å². The van der Waals surface area contributed by atoms with Crippen molar-refractivity contribution in [2.45, 2.75) is 20.4 Å². The number of benzene rings is 1. The van der Waals surface area contributed by atoms with E-state index in [9.17, 15) is 9.59 Å². The first-order valence-corrected chi connectivity index (χ1v) is 10.4. The van der Waals surface area contributed by atoms with Gasteiger partial charge in [-0.05, 0) is 31.5 Å². The normalized spacial score (nSPS) is 14.4. The summed E-state index contributed by atoms with van der Waals surface area (Å²) in [7, 11) is 1.66. The van der Waals surface area contributed by atoms with E-state index in [1.807, 2.05) is 43.0 Å². The van der Waals surface area contributed by atoms with Gasteiger partial charge >= 0.3 is 0 Å². The van der Waals surface area contributed by atoms with Gasteiger partial charge in [-0.2, -0.15) is 0 Å². The van der Waals surface area contributed by atoms with E-state index < -0.39 is 0 Å². The number of aryl methyl sites for hydroxylation is 2. The van der Waals surface area contributed by atoms with Crippen LogP contribution in [0.5, 0.6) is 5.75 Å². The summed E-state index contributed by atoms with van der Waals surface area (Å²) < 4.78 is 6.87. The Morgan fingerprint density at radius 2 is 1.90 bits per heavy atom. The Kier molecular flexibility index (Phi) is 5.27. The van der Waals surface area contributed by atoms with Crippen LogP contribution in [-0.2, 0) is 11.3 Å². The molecule has 1 amide bonds. The zero-order valence-electron chi connectivity index (χ0n) is 16.8. The van der Waals surface area contributed by atoms with Crippen molar-refractivity contribution in [3.63, 3.8) is 0 Å². The maximum absolute atomic E-state index is 12.8. The van der Waals surface area contributed by atoms with Crippen LogP contribution in [0.1, 0.15) is 10.4 Å². The third-order valence-corrected chi connectivity index (χ3v) is 6.63. The first-order valence-electron chi connectivity index (χ1n) is 9.60. The molecule has 152 valence electrons. The topological polar surface area (TPSA) is 67.7 Å². The number of aromatic nitrogens is 2. The number of hydrogen-bond donors (Lipinski definition) is 0. The number of fused-ring (bicyclic) bond motifs is 1. The Morgan fingerprint density at radius 1 is 1.17 bits per heavy atom. The van der Waals surface area contributed by atoms with Crippen LogP contribution in [0.4, 0.5) is 5.69 Å². The fourth-order valence-electron chi connectivity index (χ4n) is 3.72. The molecule has 0 saturated carbocycles. The van der Waals surface area contributed by atoms with Gasteiger partial charge in [-0.1, -0.05) is 12.1 Å². The van der Waals surface area contributed by atoms with Crippen molar-refractivity contribution in [2.75, 3.05) is 38.2 Å². The summed E-state index contributed by atoms with van der Waals surface area (Å²) in [6, 6.07) is 7.90. The lowest BCUT2D eigenvalue weighted by Crippen LogP contribution is -2.50. The molecule has 0 atom stereocenters. The quantitative estimate of drug-likeness (QED) is 0.658. The maximum atomic E-state index is 12.8. The number of methoxy groups -OCH3 is 1. The van der Waals surface area contributed by atoms with Crippen LogP contribution < -0.4 is 15.2 Å². The molecular formula is C21H24N4O3S. The summed E-state index contributed by atoms with van der Waals surface area (Å²) in [5.41, 5.74) is 1.85. The van der Waals surface area contributed by atoms with Gasteiger partial charge < -0.3 is 14.5 Å². The summed E-state index contributed by atoms with van der Waals surface area (Å²) in [6.07, 6.45) is 1.49. The molecule has 3 aromatic rings. The van der Waals surface area contributed by atoms with Crippen molar-refractivity contribution in [2.24, 2.45) is 0 Å². The second kappa shape index (κ2) is 7.87. The van der Waals surface area contributed by atoms with Gasteiger partial charge in [0.1, 0.15) is 17.1 Å². The molecule has 1 saturated heterocycles. The molecule has 4 rings (SSSR count). The Labute approximate surface area is 173 Å². The van der Waals surface area contributed by atoms with Crippen LogP contribution in [0.3, 0.4) is 0 Å². The van der Waals surface area contributed by atoms with Crippen LogP contribution in [0.15, 0.2) is 35.4 Å². The largest absolute Gasteiger partial charge is 0.495 e. The first kappa shape index (κ1) is 19.4. The van der Waals surface area contributed by atoms with E-state index in [1.54, 1.807) is 7.11 Å². The zero-order valence-corrected chi connectivity index (χ0v) is 17.7. The number of hydrogen-bond acceptors (Lipinski definition) is 6. The number of piperazine rings is 1. The molecule has 0 spiro atoms. The number of rotatable bonds is 4. The van der Waals surface area contributed by atoms with Crippen LogP contribution >= 0.6 is 11.3 Å². The van der Waals surface area contributed by atoms with Crippen LogP contribution in [-0.4, -0.2) is 53.6 Å². The predicted molar refractivity (Wildman–Crippen MR) is 115 cm³/mol. The Hall–Kier alpha value is -2.87. The van der Waals surface area contributed by atoms with Gasteiger partial charge in [0.15, 0.2) is 0 Å². The molecule has 8 heteroatoms. The third kappa shape index (κ3) is 3.60. The Bertz CT molecular complexity index is 1110. The SMILES string of the molecule is COc1ccccc1N1CCN(C(=O)Cn2cnc3sc(C)c(C)c3c2=O)CC1. The van der Waals surface area contributed by atoms with Crippen LogP contribution in [0.25, 0.3) is 10.2 Å². The molecule has 0 bridgehead atoms. The number of carbonyl (C=O) groups excluding carboxylic acids is 1. The van der Waals surface area contributed by atoms with Crippen molar-refractivity contribution >= 4 is 33.1 Å². The number of carbonyl (C=O) groups is 1. The molecule has 0 unspecified atom stereocenters. The van der Waals surface area contributed by atoms with E-state index in [1.165, 1.54) is 22.2 Å². The fourth-order valence-corrected chi connectivity index (χ4v) is 4.70. The minimum Gasteiger partial charge on any atom is -0.495 e. The average molecular weight is 413 g/mol. The average Bonchev–Trinajstić information content (AvgIpc) is 3.04. The number of anilines is 1. The summed E-state index contributed by atoms with van der Waals surface area (Å²) in [5, 5.41) is 0.629. The highest BCUT2D eigenvalue weighted by molar-refractivity contribution is 7.18. The number of thiophene rings is 1. The van der Waals surface area contributed by atoms with Crippen LogP contribution in [0, 0.1) is 13.8 Å². The molecule has 3 heterocycles. The van der Waals surface area contributed by atoms with Crippen molar-refractivity contribution in [3.8, 4) is 5.75 Å². The summed E-state index contributed by atoms with van der Waals surface area (Å²) in [6.45, 7) is 6.60. The second-order valence-corrected chi connectivity index (χ2v) is 8.38. The minimum absolute atomic E-state index is 0.0186. The van der Waals surface area contributed by atoms with Gasteiger partial charge in [0.25, 0.3) is 5.56 Å². The highest BCUT2D eigenvalue weighted by Gasteiger charge is 2.23. The summed E-state index contributed by atoms with van der Waals surface area (Å²) >= 11 is 1.51. The highest BCUT2D eigenvalue weighted by atomic mass is 32.1. The Morgan fingerprint density at radius 3 is 2.62 bits per heavy atom. The molecule has 1 aliphatic heterocycles. The smallest absolute Gasteiger partial charge is 0.262 e. The number of amides is 1. The van der Waals surface area contributed by atoms with Gasteiger partial charge in [-0.15, -0.1) is 11.3 Å². The molecule has 2 aromatic heterocycles. The number of para-hydroxylation sites is 2. The molecule has 1 aliphatic rings. The molecule has 0 radical (unpaired) electrons. The third-order valence-electron chi connectivity index (χ3n) is 5.52. The molecule has 0 aliphatic carbocycles. The van der Waals surface area contributed by atoms with Gasteiger partial charge in [-0.3, -0.25) is 14.2 Å². The van der Waals surface area contributed by atoms with Crippen molar-refractivity contribution < 1.29 is 9.53 Å². The zero-order chi connectivity index (χ0) is 20.5. The molecule has 1 fully saturated rings. The molecule has 1 aromatic carbocycles. The van der Waals surface area contributed by atoms with E-state index in [0.717, 1.165) is 39.8 Å². The van der Waals surface area contributed by atoms with Crippen molar-refractivity contribution in [1.82, 2.24) is 14.5 Å². The lowest BCUT2D eigenvalue weighted by atomic mass is 10.2. The van der Waals surface area contributed by atoms with Gasteiger partial charge in [0, 0.05) is 31.1 Å². The number of ether oxygens (including phenoxy) is 1. The standard InChI is InChI=1S/C21H24N4O3S/c1-14-15(2)29-20-19(14)21(27)25(13-22-20)12-18(26)24-10-8-23(9-11-24)16-6-4-5-7-17(16)28-3/h4-7,13H,8-12H2,1-3H3. The number of nitrogens with zero attached hydrogens (tertiary/aromatic N) is 4. The minimum atomic E-state index is -0.141. The molecular weight excluding hydrogens is 388 g/mol. The summed E-state index contributed by atoms with van der Waals surface area (Å²) in [4.78, 5) is 35.9. The molecule has 0 N–H and O–H groups in total. The van der Waals surface area contributed by atoms with Gasteiger partial charge in [0.2, 0.25) is 5.91 Å². The summed E-state index contributed by atoms with van der Waals surface area (Å²) in [5.74, 6) is 0.775. The highest BCUT2D eigenvalue weighted by Crippen LogP contribution is 2.28. The van der Waals surface area contributed by atoms with E-state index in [2.05, 4.69) is 9.88 Å². The van der Waals surface area contributed by atoms with E-state index in [-0.39, 0.29) is 18.0 Å². The lowest BCUT2D eigenvalue weighted by Gasteiger charge is -2.36. The molecule has 7 nitrogen and oxygen atoms in total. The van der Waals surface area contributed by atoms with Gasteiger partial charge in [0.05, 0.1) is 24.5 Å². The first-order chi connectivity index (χ1) is 14.0. The lowest BCUT2D eigenvalue weighted by molar-refractivity contribution is -0.132.